The Morgan fingerprint density at radius 3 is 2.43 bits per heavy atom. The van der Waals surface area contributed by atoms with Gasteiger partial charge in [0, 0.05) is 0 Å². The van der Waals surface area contributed by atoms with Gasteiger partial charge in [0.15, 0.2) is 5.78 Å². The molecule has 1 nitrogen and oxygen atoms in total. The summed E-state index contributed by atoms with van der Waals surface area (Å²) < 4.78 is 0. The molecule has 0 aromatic carbocycles. The van der Waals surface area contributed by atoms with E-state index in [0.717, 1.165) is 0 Å². The molecule has 0 N–H and O–H groups in total. The van der Waals surface area contributed by atoms with Crippen molar-refractivity contribution in [2.24, 2.45) is 0 Å². The van der Waals surface area contributed by atoms with Gasteiger partial charge in [-0.2, -0.15) is 0 Å². The summed E-state index contributed by atoms with van der Waals surface area (Å²) in [4.78, 5) is 10.3. The molecule has 2 heteroatoms. The normalized spacial score (nSPS) is 12.9. The molecule has 0 heterocycles. The molecule has 40 valence electrons. The molecular weight excluding hydrogens is 112 g/mol. The van der Waals surface area contributed by atoms with Crippen molar-refractivity contribution in [3.05, 3.63) is 12.7 Å². The number of ketones is 1. The predicted molar refractivity (Wildman–Crippen MR) is 30.5 cm³/mol. The van der Waals surface area contributed by atoms with Crippen molar-refractivity contribution in [1.82, 2.24) is 0 Å². The first-order chi connectivity index (χ1) is 3.18. The highest BCUT2D eigenvalue weighted by molar-refractivity contribution is 6.32. The number of hydrogen-bond donors (Lipinski definition) is 0. The lowest BCUT2D eigenvalue weighted by molar-refractivity contribution is -0.114. The summed E-state index contributed by atoms with van der Waals surface area (Å²) >= 11 is 5.31. The second kappa shape index (κ2) is 2.80. The van der Waals surface area contributed by atoms with Gasteiger partial charge >= 0.3 is 0 Å². The number of halogens is 1. The van der Waals surface area contributed by atoms with Crippen molar-refractivity contribution in [3.63, 3.8) is 0 Å². The monoisotopic (exact) mass is 118 g/mol. The van der Waals surface area contributed by atoms with Crippen LogP contribution in [0.15, 0.2) is 12.7 Å². The average Bonchev–Trinajstić information content (AvgIpc) is 1.65. The highest BCUT2D eigenvalue weighted by Crippen LogP contribution is 1.93. The van der Waals surface area contributed by atoms with Crippen molar-refractivity contribution in [2.75, 3.05) is 0 Å². The molecule has 0 rings (SSSR count). The number of carbonyl (C=O) groups excluding carboxylic acids is 1. The number of rotatable bonds is 2. The van der Waals surface area contributed by atoms with E-state index in [-0.39, 0.29) is 5.78 Å². The summed E-state index contributed by atoms with van der Waals surface area (Å²) in [6, 6.07) is 0. The topological polar surface area (TPSA) is 17.1 Å². The van der Waals surface area contributed by atoms with Gasteiger partial charge in [0.1, 0.15) is 0 Å². The van der Waals surface area contributed by atoms with Crippen LogP contribution in [0, 0.1) is 0 Å². The minimum Gasteiger partial charge on any atom is -0.293 e. The SMILES string of the molecule is C=CC(=O)C(C)Cl. The zero-order valence-electron chi connectivity index (χ0n) is 4.15. The number of allylic oxidation sites excluding steroid dienone is 1. The van der Waals surface area contributed by atoms with E-state index >= 15 is 0 Å². The summed E-state index contributed by atoms with van der Waals surface area (Å²) in [5.74, 6) is -0.123. The third kappa shape index (κ3) is 2.40. The highest BCUT2D eigenvalue weighted by atomic mass is 35.5. The second-order valence-corrected chi connectivity index (χ2v) is 1.88. The fourth-order valence-electron chi connectivity index (χ4n) is 0.162. The Bertz CT molecular complexity index is 86.1. The van der Waals surface area contributed by atoms with E-state index in [9.17, 15) is 4.79 Å². The molecule has 0 radical (unpaired) electrons. The van der Waals surface area contributed by atoms with Crippen molar-refractivity contribution < 1.29 is 4.79 Å². The summed E-state index contributed by atoms with van der Waals surface area (Å²) in [5.41, 5.74) is 0. The Labute approximate surface area is 48.0 Å². The smallest absolute Gasteiger partial charge is 0.172 e. The summed E-state index contributed by atoms with van der Waals surface area (Å²) in [7, 11) is 0. The molecule has 0 aliphatic carbocycles. The van der Waals surface area contributed by atoms with E-state index in [2.05, 4.69) is 6.58 Å². The van der Waals surface area contributed by atoms with Crippen molar-refractivity contribution in [1.29, 1.82) is 0 Å². The van der Waals surface area contributed by atoms with Crippen molar-refractivity contribution in [3.8, 4) is 0 Å². The van der Waals surface area contributed by atoms with Gasteiger partial charge in [0.2, 0.25) is 0 Å². The number of hydrogen-bond acceptors (Lipinski definition) is 1. The lowest BCUT2D eigenvalue weighted by Crippen LogP contribution is -2.04. The maximum absolute atomic E-state index is 10.3. The van der Waals surface area contributed by atoms with E-state index < -0.39 is 5.38 Å². The molecule has 0 saturated carbocycles. The van der Waals surface area contributed by atoms with Gasteiger partial charge < -0.3 is 0 Å². The molecule has 1 atom stereocenters. The Balaban J connectivity index is 3.56. The first-order valence-corrected chi connectivity index (χ1v) is 2.42. The van der Waals surface area contributed by atoms with Gasteiger partial charge in [-0.25, -0.2) is 0 Å². The zero-order valence-corrected chi connectivity index (χ0v) is 4.90. The Kier molecular flexibility index (Phi) is 2.68. The first-order valence-electron chi connectivity index (χ1n) is 1.99. The first kappa shape index (κ1) is 6.70. The molecule has 7 heavy (non-hydrogen) atoms. The third-order valence-corrected chi connectivity index (χ3v) is 0.808. The molecule has 0 aliphatic heterocycles. The van der Waals surface area contributed by atoms with E-state index in [4.69, 9.17) is 11.6 Å². The molecule has 0 amide bonds. The van der Waals surface area contributed by atoms with E-state index in [0.29, 0.717) is 0 Å². The minimum absolute atomic E-state index is 0.123. The molecule has 0 fully saturated rings. The van der Waals surface area contributed by atoms with Crippen molar-refractivity contribution in [2.45, 2.75) is 12.3 Å². The van der Waals surface area contributed by atoms with Gasteiger partial charge in [0.25, 0.3) is 0 Å². The second-order valence-electron chi connectivity index (χ2n) is 1.22. The van der Waals surface area contributed by atoms with Crippen molar-refractivity contribution >= 4 is 17.4 Å². The lowest BCUT2D eigenvalue weighted by Gasteiger charge is -1.89. The van der Waals surface area contributed by atoms with Gasteiger partial charge in [0.05, 0.1) is 5.38 Å². The number of alkyl halides is 1. The minimum atomic E-state index is -0.419. The molecule has 0 spiro atoms. The molecule has 1 unspecified atom stereocenters. The van der Waals surface area contributed by atoms with Crippen LogP contribution in [0.3, 0.4) is 0 Å². The zero-order chi connectivity index (χ0) is 5.86. The molecule has 0 saturated heterocycles. The van der Waals surface area contributed by atoms with Crippen LogP contribution in [-0.4, -0.2) is 11.2 Å². The fourth-order valence-corrected chi connectivity index (χ4v) is 0.251. The van der Waals surface area contributed by atoms with Gasteiger partial charge in [-0.3, -0.25) is 4.79 Å². The predicted octanol–water partition coefficient (Wildman–Crippen LogP) is 1.37. The van der Waals surface area contributed by atoms with Crippen LogP contribution in [0.2, 0.25) is 0 Å². The fraction of sp³-hybridized carbons (Fsp3) is 0.400. The largest absolute Gasteiger partial charge is 0.293 e. The number of carbonyl (C=O) groups is 1. The summed E-state index contributed by atoms with van der Waals surface area (Å²) in [6.07, 6.45) is 1.22. The van der Waals surface area contributed by atoms with E-state index in [1.165, 1.54) is 6.08 Å². The van der Waals surface area contributed by atoms with Gasteiger partial charge in [-0.15, -0.1) is 11.6 Å². The van der Waals surface area contributed by atoms with Crippen LogP contribution in [0.1, 0.15) is 6.92 Å². The maximum atomic E-state index is 10.3. The quantitative estimate of drug-likeness (QED) is 0.395. The standard InChI is InChI=1S/C5H7ClO/c1-3-5(7)4(2)6/h3-4H,1H2,2H3. The van der Waals surface area contributed by atoms with Crippen LogP contribution in [0.4, 0.5) is 0 Å². The van der Waals surface area contributed by atoms with Crippen LogP contribution < -0.4 is 0 Å². The summed E-state index contributed by atoms with van der Waals surface area (Å²) in [6.45, 7) is 4.86. The maximum Gasteiger partial charge on any atom is 0.172 e. The van der Waals surface area contributed by atoms with E-state index in [1.54, 1.807) is 6.92 Å². The Hall–Kier alpha value is -0.300. The molecule has 0 aromatic heterocycles. The van der Waals surface area contributed by atoms with Crippen LogP contribution in [0.25, 0.3) is 0 Å². The lowest BCUT2D eigenvalue weighted by atomic mass is 10.3. The van der Waals surface area contributed by atoms with E-state index in [1.807, 2.05) is 0 Å². The summed E-state index contributed by atoms with van der Waals surface area (Å²) in [5, 5.41) is -0.419. The van der Waals surface area contributed by atoms with Crippen LogP contribution in [-0.2, 0) is 4.79 Å². The van der Waals surface area contributed by atoms with Gasteiger partial charge in [-0.1, -0.05) is 6.58 Å². The Morgan fingerprint density at radius 1 is 2.00 bits per heavy atom. The van der Waals surface area contributed by atoms with Gasteiger partial charge in [-0.05, 0) is 13.0 Å². The van der Waals surface area contributed by atoms with Crippen LogP contribution in [0.5, 0.6) is 0 Å². The Morgan fingerprint density at radius 2 is 2.43 bits per heavy atom. The molecule has 0 aromatic rings. The third-order valence-electron chi connectivity index (χ3n) is 0.593. The van der Waals surface area contributed by atoms with Crippen LogP contribution >= 0.6 is 11.6 Å². The average molecular weight is 119 g/mol. The highest BCUT2D eigenvalue weighted by Gasteiger charge is 2.01. The molecule has 0 aliphatic rings. The molecular formula is C5H7ClO. The molecule has 0 bridgehead atoms.